The van der Waals surface area contributed by atoms with E-state index in [4.69, 9.17) is 0 Å². The van der Waals surface area contributed by atoms with Gasteiger partial charge in [-0.15, -0.1) is 0 Å². The molecule has 0 aromatic heterocycles. The number of likely N-dealkylation sites (tertiary alicyclic amines) is 1. The molecule has 2 nitrogen and oxygen atoms in total. The Hall–Kier alpha value is -2.00. The van der Waals surface area contributed by atoms with Crippen LogP contribution in [-0.4, -0.2) is 22.6 Å². The molecule has 0 radical (unpaired) electrons. The second-order valence-corrected chi connectivity index (χ2v) is 7.80. The summed E-state index contributed by atoms with van der Waals surface area (Å²) in [6.07, 6.45) is 0.790. The standard InChI is InChI=1S/C22H25NOS/c1-17-13-21(18(2)15-25-16-20-11-7-4-8-12-20)23(22(17)24)14-19-9-5-3-6-10-19/h3-12,18,21H,1,13-16H2,2H3. The molecular formula is C22H25NOS. The lowest BCUT2D eigenvalue weighted by Gasteiger charge is -2.29. The van der Waals surface area contributed by atoms with Gasteiger partial charge in [0.05, 0.1) is 0 Å². The maximum Gasteiger partial charge on any atom is 0.249 e. The van der Waals surface area contributed by atoms with Crippen molar-refractivity contribution < 1.29 is 4.79 Å². The normalized spacial score (nSPS) is 18.6. The van der Waals surface area contributed by atoms with Crippen molar-refractivity contribution in [2.75, 3.05) is 5.75 Å². The average molecular weight is 352 g/mol. The van der Waals surface area contributed by atoms with Gasteiger partial charge in [-0.05, 0) is 29.2 Å². The van der Waals surface area contributed by atoms with Gasteiger partial charge in [-0.2, -0.15) is 11.8 Å². The van der Waals surface area contributed by atoms with Crippen LogP contribution in [0.25, 0.3) is 0 Å². The third-order valence-electron chi connectivity index (χ3n) is 4.76. The molecule has 1 amide bonds. The van der Waals surface area contributed by atoms with Gasteiger partial charge in [-0.1, -0.05) is 74.2 Å². The molecule has 0 aliphatic carbocycles. The van der Waals surface area contributed by atoms with Crippen LogP contribution < -0.4 is 0 Å². The average Bonchev–Trinajstić information content (AvgIpc) is 2.92. The minimum atomic E-state index is 0.119. The van der Waals surface area contributed by atoms with Gasteiger partial charge in [-0.25, -0.2) is 0 Å². The fourth-order valence-corrected chi connectivity index (χ4v) is 4.47. The molecule has 1 aliphatic rings. The molecule has 0 bridgehead atoms. The van der Waals surface area contributed by atoms with Gasteiger partial charge >= 0.3 is 0 Å². The predicted octanol–water partition coefficient (Wildman–Crippen LogP) is 4.91. The molecule has 25 heavy (non-hydrogen) atoms. The Kier molecular flexibility index (Phi) is 5.98. The van der Waals surface area contributed by atoms with Gasteiger partial charge in [0.15, 0.2) is 0 Å². The second kappa shape index (κ2) is 8.39. The SMILES string of the molecule is C=C1CC(C(C)CSCc2ccccc2)N(Cc2ccccc2)C1=O. The third kappa shape index (κ3) is 4.55. The number of amides is 1. The predicted molar refractivity (Wildman–Crippen MR) is 106 cm³/mol. The van der Waals surface area contributed by atoms with Gasteiger partial charge in [0.1, 0.15) is 0 Å². The van der Waals surface area contributed by atoms with E-state index in [1.807, 2.05) is 40.9 Å². The maximum atomic E-state index is 12.5. The van der Waals surface area contributed by atoms with Crippen LogP contribution in [0.2, 0.25) is 0 Å². The van der Waals surface area contributed by atoms with E-state index >= 15 is 0 Å². The Balaban J connectivity index is 1.60. The summed E-state index contributed by atoms with van der Waals surface area (Å²) in [5.41, 5.74) is 3.29. The zero-order chi connectivity index (χ0) is 17.6. The van der Waals surface area contributed by atoms with Crippen LogP contribution in [0, 0.1) is 5.92 Å². The fourth-order valence-electron chi connectivity index (χ4n) is 3.33. The van der Waals surface area contributed by atoms with E-state index in [2.05, 4.69) is 49.9 Å². The number of thioether (sulfide) groups is 1. The summed E-state index contributed by atoms with van der Waals surface area (Å²) in [5.74, 6) is 2.63. The fraction of sp³-hybridized carbons (Fsp3) is 0.318. The summed E-state index contributed by atoms with van der Waals surface area (Å²) in [7, 11) is 0. The van der Waals surface area contributed by atoms with E-state index in [1.54, 1.807) is 0 Å². The minimum absolute atomic E-state index is 0.119. The third-order valence-corrected chi connectivity index (χ3v) is 6.06. The monoisotopic (exact) mass is 351 g/mol. The smallest absolute Gasteiger partial charge is 0.249 e. The number of carbonyl (C=O) groups is 1. The number of hydrogen-bond acceptors (Lipinski definition) is 2. The molecule has 0 spiro atoms. The zero-order valence-electron chi connectivity index (χ0n) is 14.7. The Morgan fingerprint density at radius 2 is 1.68 bits per heavy atom. The van der Waals surface area contributed by atoms with Crippen molar-refractivity contribution in [2.45, 2.75) is 31.7 Å². The molecule has 2 aromatic carbocycles. The molecule has 130 valence electrons. The van der Waals surface area contributed by atoms with E-state index in [0.29, 0.717) is 12.5 Å². The highest BCUT2D eigenvalue weighted by Crippen LogP contribution is 2.31. The number of carbonyl (C=O) groups excluding carboxylic acids is 1. The highest BCUT2D eigenvalue weighted by molar-refractivity contribution is 7.98. The Morgan fingerprint density at radius 3 is 2.32 bits per heavy atom. The van der Waals surface area contributed by atoms with Crippen LogP contribution in [0.5, 0.6) is 0 Å². The van der Waals surface area contributed by atoms with Crippen LogP contribution >= 0.6 is 11.8 Å². The first-order valence-electron chi connectivity index (χ1n) is 8.79. The molecule has 2 atom stereocenters. The molecule has 1 fully saturated rings. The zero-order valence-corrected chi connectivity index (χ0v) is 15.5. The maximum absolute atomic E-state index is 12.5. The highest BCUT2D eigenvalue weighted by Gasteiger charge is 2.36. The molecule has 3 rings (SSSR count). The number of hydrogen-bond donors (Lipinski definition) is 0. The van der Waals surface area contributed by atoms with Crippen LogP contribution in [-0.2, 0) is 17.1 Å². The van der Waals surface area contributed by atoms with E-state index in [-0.39, 0.29) is 11.9 Å². The molecule has 1 saturated heterocycles. The second-order valence-electron chi connectivity index (χ2n) is 6.77. The van der Waals surface area contributed by atoms with Gasteiger partial charge in [0.2, 0.25) is 5.91 Å². The van der Waals surface area contributed by atoms with Crippen molar-refractivity contribution in [3.05, 3.63) is 83.9 Å². The Bertz CT molecular complexity index is 713. The molecular weight excluding hydrogens is 326 g/mol. The minimum Gasteiger partial charge on any atom is -0.331 e. The molecule has 2 aromatic rings. The molecule has 0 saturated carbocycles. The number of rotatable bonds is 7. The summed E-state index contributed by atoms with van der Waals surface area (Å²) < 4.78 is 0. The van der Waals surface area contributed by atoms with E-state index in [0.717, 1.165) is 23.5 Å². The van der Waals surface area contributed by atoms with Crippen LogP contribution in [0.15, 0.2) is 72.8 Å². The number of nitrogens with zero attached hydrogens (tertiary/aromatic N) is 1. The van der Waals surface area contributed by atoms with Crippen molar-refractivity contribution in [3.8, 4) is 0 Å². The van der Waals surface area contributed by atoms with Crippen LogP contribution in [0.1, 0.15) is 24.5 Å². The quantitative estimate of drug-likeness (QED) is 0.660. The first-order valence-corrected chi connectivity index (χ1v) is 9.95. The van der Waals surface area contributed by atoms with Crippen molar-refractivity contribution in [1.82, 2.24) is 4.90 Å². The highest BCUT2D eigenvalue weighted by atomic mass is 32.2. The van der Waals surface area contributed by atoms with Crippen molar-refractivity contribution in [2.24, 2.45) is 5.92 Å². The summed E-state index contributed by atoms with van der Waals surface area (Å²) >= 11 is 1.94. The van der Waals surface area contributed by atoms with Crippen molar-refractivity contribution in [1.29, 1.82) is 0 Å². The van der Waals surface area contributed by atoms with Crippen molar-refractivity contribution >= 4 is 17.7 Å². The molecule has 2 unspecified atom stereocenters. The van der Waals surface area contributed by atoms with Gasteiger partial charge in [-0.3, -0.25) is 4.79 Å². The first kappa shape index (κ1) is 17.8. The topological polar surface area (TPSA) is 20.3 Å². The summed E-state index contributed by atoms with van der Waals surface area (Å²) in [6, 6.07) is 21.0. The molecule has 0 N–H and O–H groups in total. The van der Waals surface area contributed by atoms with Crippen molar-refractivity contribution in [3.63, 3.8) is 0 Å². The van der Waals surface area contributed by atoms with Gasteiger partial charge in [0.25, 0.3) is 0 Å². The van der Waals surface area contributed by atoms with Gasteiger partial charge in [0, 0.05) is 23.9 Å². The van der Waals surface area contributed by atoms with Gasteiger partial charge < -0.3 is 4.90 Å². The lowest BCUT2D eigenvalue weighted by atomic mass is 10.00. The van der Waals surface area contributed by atoms with E-state index in [1.165, 1.54) is 11.1 Å². The molecule has 3 heteroatoms. The molecule has 1 heterocycles. The Labute approximate surface area is 154 Å². The summed E-state index contributed by atoms with van der Waals surface area (Å²) in [5, 5.41) is 0. The largest absolute Gasteiger partial charge is 0.331 e. The number of benzene rings is 2. The first-order chi connectivity index (χ1) is 12.1. The lowest BCUT2D eigenvalue weighted by molar-refractivity contribution is -0.127. The van der Waals surface area contributed by atoms with E-state index < -0.39 is 0 Å². The summed E-state index contributed by atoms with van der Waals surface area (Å²) in [6.45, 7) is 6.92. The Morgan fingerprint density at radius 1 is 1.08 bits per heavy atom. The van der Waals surface area contributed by atoms with Crippen LogP contribution in [0.3, 0.4) is 0 Å². The lowest BCUT2D eigenvalue weighted by Crippen LogP contribution is -2.37. The summed E-state index contributed by atoms with van der Waals surface area (Å²) in [4.78, 5) is 14.6. The van der Waals surface area contributed by atoms with E-state index in [9.17, 15) is 4.79 Å². The van der Waals surface area contributed by atoms with Crippen LogP contribution in [0.4, 0.5) is 0 Å². The molecule has 1 aliphatic heterocycles.